The molecule has 102 valence electrons. The predicted octanol–water partition coefficient (Wildman–Crippen LogP) is 0.388. The van der Waals surface area contributed by atoms with Crippen LogP contribution in [0.15, 0.2) is 18.2 Å². The molecule has 0 radical (unpaired) electrons. The molecule has 0 heterocycles. The van der Waals surface area contributed by atoms with Crippen molar-refractivity contribution in [1.29, 1.82) is 5.26 Å². The molecule has 0 bridgehead atoms. The van der Waals surface area contributed by atoms with Crippen LogP contribution in [0, 0.1) is 17.1 Å². The fraction of sp³-hybridized carbons (Fsp3) is 0.200. The topological polar surface area (TPSA) is 108 Å². The maximum absolute atomic E-state index is 13.4. The quantitative estimate of drug-likeness (QED) is 0.832. The molecule has 0 saturated heterocycles. The second kappa shape index (κ2) is 6.12. The summed E-state index contributed by atoms with van der Waals surface area (Å²) in [5.74, 6) is -0.722. The zero-order valence-corrected chi connectivity index (χ0v) is 10.6. The van der Waals surface area contributed by atoms with Crippen LogP contribution >= 0.6 is 0 Å². The van der Waals surface area contributed by atoms with E-state index in [1.165, 1.54) is 12.1 Å². The minimum Gasteiger partial charge on any atom is -0.452 e. The van der Waals surface area contributed by atoms with Gasteiger partial charge in [-0.1, -0.05) is 6.07 Å². The van der Waals surface area contributed by atoms with Crippen LogP contribution in [-0.4, -0.2) is 21.6 Å². The third kappa shape index (κ3) is 4.53. The van der Waals surface area contributed by atoms with E-state index in [0.717, 1.165) is 13.2 Å². The van der Waals surface area contributed by atoms with Crippen LogP contribution in [0.1, 0.15) is 11.1 Å². The standard InChI is InChI=1S/C10H10FN3O4S/c1-18-10(15)14-19(16,17)13-6-8-3-2-7(5-12)4-9(8)11/h2-4,13H,6H2,1H3,(H,14,15). The lowest BCUT2D eigenvalue weighted by molar-refractivity contribution is 0.177. The fourth-order valence-electron chi connectivity index (χ4n) is 1.12. The SMILES string of the molecule is COC(=O)NS(=O)(=O)NCc1ccc(C#N)cc1F. The maximum atomic E-state index is 13.4. The molecule has 0 saturated carbocycles. The summed E-state index contributed by atoms with van der Waals surface area (Å²) in [6.07, 6.45) is -1.16. The van der Waals surface area contributed by atoms with Gasteiger partial charge < -0.3 is 4.74 Å². The highest BCUT2D eigenvalue weighted by Crippen LogP contribution is 2.09. The largest absolute Gasteiger partial charge is 0.452 e. The lowest BCUT2D eigenvalue weighted by Gasteiger charge is -2.08. The Bertz CT molecular complexity index is 624. The molecule has 0 fully saturated rings. The number of amides is 1. The van der Waals surface area contributed by atoms with Gasteiger partial charge in [0.25, 0.3) is 0 Å². The first-order valence-electron chi connectivity index (χ1n) is 4.92. The van der Waals surface area contributed by atoms with E-state index in [2.05, 4.69) is 4.74 Å². The van der Waals surface area contributed by atoms with Gasteiger partial charge >= 0.3 is 16.3 Å². The molecule has 1 amide bonds. The molecule has 2 N–H and O–H groups in total. The molecule has 0 aliphatic carbocycles. The Kier molecular flexibility index (Phi) is 4.80. The molecule has 0 spiro atoms. The van der Waals surface area contributed by atoms with E-state index in [1.807, 2.05) is 4.72 Å². The number of nitrogens with zero attached hydrogens (tertiary/aromatic N) is 1. The molecule has 0 aromatic heterocycles. The van der Waals surface area contributed by atoms with Gasteiger partial charge in [-0.2, -0.15) is 18.4 Å². The number of carbonyl (C=O) groups is 1. The summed E-state index contributed by atoms with van der Waals surface area (Å²) in [4.78, 5) is 10.7. The van der Waals surface area contributed by atoms with Crippen LogP contribution in [0.5, 0.6) is 0 Å². The molecule has 0 unspecified atom stereocenters. The summed E-state index contributed by atoms with van der Waals surface area (Å²) in [5.41, 5.74) is 0.158. The first kappa shape index (κ1) is 14.9. The minimum absolute atomic E-state index is 0.0363. The molecule has 1 aromatic carbocycles. The van der Waals surface area contributed by atoms with Crippen LogP contribution < -0.4 is 9.44 Å². The molecule has 0 aliphatic rings. The van der Waals surface area contributed by atoms with Gasteiger partial charge in [0.2, 0.25) is 0 Å². The predicted molar refractivity (Wildman–Crippen MR) is 62.4 cm³/mol. The van der Waals surface area contributed by atoms with E-state index < -0.39 is 22.1 Å². The number of ether oxygens (including phenoxy) is 1. The van der Waals surface area contributed by atoms with Crippen LogP contribution in [0.2, 0.25) is 0 Å². The van der Waals surface area contributed by atoms with Crippen molar-refractivity contribution in [3.05, 3.63) is 35.1 Å². The zero-order chi connectivity index (χ0) is 14.5. The Morgan fingerprint density at radius 3 is 2.74 bits per heavy atom. The summed E-state index contributed by atoms with van der Waals surface area (Å²) < 4.78 is 43.7. The van der Waals surface area contributed by atoms with Gasteiger partial charge in [-0.05, 0) is 12.1 Å². The Morgan fingerprint density at radius 2 is 2.21 bits per heavy atom. The molecular formula is C10H10FN3O4S. The molecule has 7 nitrogen and oxygen atoms in total. The van der Waals surface area contributed by atoms with Crippen molar-refractivity contribution >= 4 is 16.3 Å². The fourth-order valence-corrected chi connectivity index (χ4v) is 1.84. The van der Waals surface area contributed by atoms with Crippen molar-refractivity contribution in [2.75, 3.05) is 7.11 Å². The highest BCUT2D eigenvalue weighted by Gasteiger charge is 2.15. The van der Waals surface area contributed by atoms with E-state index in [0.29, 0.717) is 0 Å². The van der Waals surface area contributed by atoms with E-state index >= 15 is 0 Å². The number of hydrogen-bond donors (Lipinski definition) is 2. The number of carbonyl (C=O) groups excluding carboxylic acids is 1. The van der Waals surface area contributed by atoms with Gasteiger partial charge in [-0.3, -0.25) is 0 Å². The Morgan fingerprint density at radius 1 is 1.53 bits per heavy atom. The lowest BCUT2D eigenvalue weighted by atomic mass is 10.1. The van der Waals surface area contributed by atoms with E-state index in [1.54, 1.807) is 10.8 Å². The highest BCUT2D eigenvalue weighted by atomic mass is 32.2. The number of nitrogens with one attached hydrogen (secondary N) is 2. The lowest BCUT2D eigenvalue weighted by Crippen LogP contribution is -2.39. The maximum Gasteiger partial charge on any atom is 0.421 e. The second-order valence-corrected chi connectivity index (χ2v) is 4.84. The van der Waals surface area contributed by atoms with Crippen LogP contribution in [0.4, 0.5) is 9.18 Å². The normalized spacial score (nSPS) is 10.6. The summed E-state index contributed by atoms with van der Waals surface area (Å²) in [7, 11) is -3.12. The average molecular weight is 287 g/mol. The van der Waals surface area contributed by atoms with Gasteiger partial charge in [0.1, 0.15) is 5.82 Å². The zero-order valence-electron chi connectivity index (χ0n) is 9.81. The van der Waals surface area contributed by atoms with Crippen molar-refractivity contribution in [3.63, 3.8) is 0 Å². The van der Waals surface area contributed by atoms with Crippen molar-refractivity contribution < 1.29 is 22.3 Å². The van der Waals surface area contributed by atoms with E-state index in [-0.39, 0.29) is 17.7 Å². The van der Waals surface area contributed by atoms with Crippen LogP contribution in [0.3, 0.4) is 0 Å². The summed E-state index contributed by atoms with van der Waals surface area (Å²) in [6.45, 7) is -0.371. The monoisotopic (exact) mass is 287 g/mol. The third-order valence-electron chi connectivity index (χ3n) is 2.04. The van der Waals surface area contributed by atoms with Crippen LogP contribution in [-0.2, 0) is 21.5 Å². The molecule has 9 heteroatoms. The molecule has 0 aliphatic heterocycles. The van der Waals surface area contributed by atoms with Gasteiger partial charge in [-0.15, -0.1) is 0 Å². The Hall–Kier alpha value is -2.18. The smallest absolute Gasteiger partial charge is 0.421 e. The average Bonchev–Trinajstić information content (AvgIpc) is 2.36. The molecule has 1 aromatic rings. The number of rotatable bonds is 4. The molecular weight excluding hydrogens is 277 g/mol. The summed E-state index contributed by atoms with van der Waals surface area (Å²) in [5, 5.41) is 8.55. The van der Waals surface area contributed by atoms with Crippen molar-refractivity contribution in [2.24, 2.45) is 0 Å². The third-order valence-corrected chi connectivity index (χ3v) is 3.00. The van der Waals surface area contributed by atoms with E-state index in [9.17, 15) is 17.6 Å². The number of nitriles is 1. The Balaban J connectivity index is 2.72. The van der Waals surface area contributed by atoms with E-state index in [4.69, 9.17) is 5.26 Å². The molecule has 1 rings (SSSR count). The van der Waals surface area contributed by atoms with Crippen molar-refractivity contribution in [1.82, 2.24) is 9.44 Å². The molecule has 19 heavy (non-hydrogen) atoms. The number of benzene rings is 1. The summed E-state index contributed by atoms with van der Waals surface area (Å²) >= 11 is 0. The number of halogens is 1. The Labute approximate surface area is 109 Å². The first-order valence-corrected chi connectivity index (χ1v) is 6.40. The number of hydrogen-bond acceptors (Lipinski definition) is 5. The van der Waals surface area contributed by atoms with Crippen LogP contribution in [0.25, 0.3) is 0 Å². The van der Waals surface area contributed by atoms with Crippen molar-refractivity contribution in [3.8, 4) is 6.07 Å². The number of methoxy groups -OCH3 is 1. The van der Waals surface area contributed by atoms with Gasteiger partial charge in [0.15, 0.2) is 0 Å². The van der Waals surface area contributed by atoms with Gasteiger partial charge in [0.05, 0.1) is 18.7 Å². The van der Waals surface area contributed by atoms with Gasteiger partial charge in [0, 0.05) is 12.1 Å². The summed E-state index contributed by atoms with van der Waals surface area (Å²) in [6, 6.07) is 5.35. The minimum atomic E-state index is -4.13. The van der Waals surface area contributed by atoms with Gasteiger partial charge in [-0.25, -0.2) is 13.9 Å². The molecule has 0 atom stereocenters. The highest BCUT2D eigenvalue weighted by molar-refractivity contribution is 7.88. The second-order valence-electron chi connectivity index (χ2n) is 3.34. The first-order chi connectivity index (χ1) is 8.88. The van der Waals surface area contributed by atoms with Crippen molar-refractivity contribution in [2.45, 2.75) is 6.54 Å².